The fourth-order valence-corrected chi connectivity index (χ4v) is 6.01. The number of sulfonamides is 1. The number of benzene rings is 2. The first-order valence-corrected chi connectivity index (χ1v) is 13.8. The summed E-state index contributed by atoms with van der Waals surface area (Å²) in [5.41, 5.74) is 2.06. The van der Waals surface area contributed by atoms with Crippen LogP contribution in [0.15, 0.2) is 59.5 Å². The minimum Gasteiger partial charge on any atom is -0.480 e. The van der Waals surface area contributed by atoms with Crippen LogP contribution in [-0.2, 0) is 40.8 Å². The number of likely N-dealkylation sites (N-methyl/N-ethyl adjacent to an activating group) is 1. The van der Waals surface area contributed by atoms with Gasteiger partial charge < -0.3 is 14.8 Å². The Labute approximate surface area is 217 Å². The second-order valence-corrected chi connectivity index (χ2v) is 10.8. The predicted octanol–water partition coefficient (Wildman–Crippen LogP) is 4.13. The molecule has 1 aromatic heterocycles. The van der Waals surface area contributed by atoms with Gasteiger partial charge in [0.25, 0.3) is 0 Å². The van der Waals surface area contributed by atoms with E-state index in [0.717, 1.165) is 34.1 Å². The molecular weight excluding hydrogens is 502 g/mol. The number of carbonyl (C=O) groups is 1. The molecule has 1 heterocycles. The third-order valence-electron chi connectivity index (χ3n) is 6.09. The summed E-state index contributed by atoms with van der Waals surface area (Å²) in [6.07, 6.45) is 2.69. The van der Waals surface area contributed by atoms with E-state index in [1.165, 1.54) is 12.1 Å². The van der Waals surface area contributed by atoms with Crippen molar-refractivity contribution in [3.05, 3.63) is 82.4 Å². The van der Waals surface area contributed by atoms with Gasteiger partial charge in [0.2, 0.25) is 10.0 Å². The summed E-state index contributed by atoms with van der Waals surface area (Å²) in [7, 11) is -4.06. The second kappa shape index (κ2) is 12.5. The Hall–Kier alpha value is -2.72. The van der Waals surface area contributed by atoms with E-state index in [2.05, 4.69) is 11.9 Å². The quantitative estimate of drug-likeness (QED) is 0.341. The fourth-order valence-electron chi connectivity index (χ4n) is 4.16. The molecule has 0 fully saturated rings. The maximum atomic E-state index is 13.4. The van der Waals surface area contributed by atoms with Gasteiger partial charge in [-0.3, -0.25) is 4.79 Å². The van der Waals surface area contributed by atoms with E-state index in [4.69, 9.17) is 11.6 Å². The molecule has 0 aliphatic heterocycles. The molecule has 0 saturated heterocycles. The molecule has 194 valence electrons. The lowest BCUT2D eigenvalue weighted by molar-refractivity contribution is -0.141. The molecule has 0 radical (unpaired) electrons. The van der Waals surface area contributed by atoms with Crippen molar-refractivity contribution < 1.29 is 23.4 Å². The van der Waals surface area contributed by atoms with Crippen molar-refractivity contribution in [2.75, 3.05) is 6.54 Å². The molecular formula is C26H32ClN3O5S. The molecule has 0 aliphatic carbocycles. The Bertz CT molecular complexity index is 1260. The van der Waals surface area contributed by atoms with Crippen LogP contribution in [0.1, 0.15) is 49.3 Å². The number of carboxylic acid groups (broad SMARTS) is 1. The first-order chi connectivity index (χ1) is 17.2. The summed E-state index contributed by atoms with van der Waals surface area (Å²) < 4.78 is 29.8. The van der Waals surface area contributed by atoms with Gasteiger partial charge in [-0.2, -0.15) is 4.31 Å². The topological polar surface area (TPSA) is 113 Å². The summed E-state index contributed by atoms with van der Waals surface area (Å²) in [5.74, 6) is -0.431. The van der Waals surface area contributed by atoms with Crippen LogP contribution in [0.2, 0.25) is 5.15 Å². The van der Waals surface area contributed by atoms with Crippen molar-refractivity contribution in [3.63, 3.8) is 0 Å². The molecule has 36 heavy (non-hydrogen) atoms. The van der Waals surface area contributed by atoms with Crippen molar-refractivity contribution in [2.45, 2.75) is 63.6 Å². The summed E-state index contributed by atoms with van der Waals surface area (Å²) in [6.45, 7) is 3.84. The highest BCUT2D eigenvalue weighted by molar-refractivity contribution is 7.89. The smallest absolute Gasteiger partial charge is 0.322 e. The number of aromatic nitrogens is 2. The molecule has 1 atom stereocenters. The maximum Gasteiger partial charge on any atom is 0.322 e. The van der Waals surface area contributed by atoms with E-state index in [9.17, 15) is 23.4 Å². The SMILES string of the molecule is CCCCc1nc(Cl)c(CO)n1Cc1ccc(S(=O)(=O)N(CC)[C@H](Cc2ccccc2)C(=O)O)cc1. The van der Waals surface area contributed by atoms with Crippen molar-refractivity contribution in [1.29, 1.82) is 0 Å². The summed E-state index contributed by atoms with van der Waals surface area (Å²) in [4.78, 5) is 16.5. The molecule has 10 heteroatoms. The average Bonchev–Trinajstić information content (AvgIpc) is 3.16. The Morgan fingerprint density at radius 3 is 2.31 bits per heavy atom. The minimum absolute atomic E-state index is 0.0159. The monoisotopic (exact) mass is 533 g/mol. The van der Waals surface area contributed by atoms with Crippen molar-refractivity contribution in [2.24, 2.45) is 0 Å². The zero-order chi connectivity index (χ0) is 26.3. The van der Waals surface area contributed by atoms with Crippen molar-refractivity contribution in [1.82, 2.24) is 13.9 Å². The molecule has 0 aliphatic rings. The van der Waals surface area contributed by atoms with Gasteiger partial charge in [0, 0.05) is 19.5 Å². The van der Waals surface area contributed by atoms with Gasteiger partial charge in [-0.15, -0.1) is 0 Å². The van der Waals surface area contributed by atoms with Crippen LogP contribution in [-0.4, -0.2) is 51.0 Å². The van der Waals surface area contributed by atoms with Gasteiger partial charge in [0.05, 0.1) is 17.2 Å². The third kappa shape index (κ3) is 6.34. The van der Waals surface area contributed by atoms with Crippen molar-refractivity contribution in [3.8, 4) is 0 Å². The number of aryl methyl sites for hydroxylation is 1. The first-order valence-electron chi connectivity index (χ1n) is 11.9. The fraction of sp³-hybridized carbons (Fsp3) is 0.385. The normalized spacial score (nSPS) is 12.7. The summed E-state index contributed by atoms with van der Waals surface area (Å²) in [6, 6.07) is 14.1. The zero-order valence-corrected chi connectivity index (χ0v) is 22.0. The number of aliphatic hydroxyl groups excluding tert-OH is 1. The largest absolute Gasteiger partial charge is 0.480 e. The number of carboxylic acids is 1. The Kier molecular flexibility index (Phi) is 9.67. The molecule has 2 N–H and O–H groups in total. The molecule has 3 aromatic rings. The molecule has 0 saturated carbocycles. The number of aliphatic carboxylic acids is 1. The molecule has 8 nitrogen and oxygen atoms in total. The van der Waals surface area contributed by atoms with Gasteiger partial charge in [-0.1, -0.05) is 74.3 Å². The van der Waals surface area contributed by atoms with E-state index < -0.39 is 22.0 Å². The van der Waals surface area contributed by atoms with E-state index in [1.807, 2.05) is 10.6 Å². The summed E-state index contributed by atoms with van der Waals surface area (Å²) >= 11 is 6.22. The average molecular weight is 534 g/mol. The van der Waals surface area contributed by atoms with Crippen LogP contribution < -0.4 is 0 Å². The molecule has 0 spiro atoms. The van der Waals surface area contributed by atoms with Crippen LogP contribution in [0.3, 0.4) is 0 Å². The van der Waals surface area contributed by atoms with Crippen LogP contribution in [0.4, 0.5) is 0 Å². The van der Waals surface area contributed by atoms with Crippen LogP contribution in [0, 0.1) is 0 Å². The zero-order valence-electron chi connectivity index (χ0n) is 20.5. The van der Waals surface area contributed by atoms with Gasteiger partial charge in [-0.05, 0) is 36.1 Å². The molecule has 0 unspecified atom stereocenters. The molecule has 3 rings (SSSR count). The molecule has 2 aromatic carbocycles. The summed E-state index contributed by atoms with van der Waals surface area (Å²) in [5, 5.41) is 19.9. The lowest BCUT2D eigenvalue weighted by Crippen LogP contribution is -2.46. The van der Waals surface area contributed by atoms with E-state index >= 15 is 0 Å². The van der Waals surface area contributed by atoms with Gasteiger partial charge in [0.1, 0.15) is 11.9 Å². The molecule has 0 amide bonds. The van der Waals surface area contributed by atoms with Crippen LogP contribution in [0.5, 0.6) is 0 Å². The van der Waals surface area contributed by atoms with Crippen molar-refractivity contribution >= 4 is 27.6 Å². The van der Waals surface area contributed by atoms with Gasteiger partial charge >= 0.3 is 5.97 Å². The predicted molar refractivity (Wildman–Crippen MR) is 138 cm³/mol. The minimum atomic E-state index is -4.06. The number of hydrogen-bond donors (Lipinski definition) is 2. The number of imidazole rings is 1. The van der Waals surface area contributed by atoms with Gasteiger partial charge in [-0.25, -0.2) is 13.4 Å². The standard InChI is InChI=1S/C26H32ClN3O5S/c1-3-5-11-24-28-25(27)23(18-31)29(24)17-20-12-14-21(15-13-20)36(34,35)30(4-2)22(26(32)33)16-19-9-7-6-8-10-19/h6-10,12-15,22,31H,3-5,11,16-18H2,1-2H3,(H,32,33)/t22-/m1/s1. The van der Waals surface area contributed by atoms with Crippen LogP contribution >= 0.6 is 11.6 Å². The Balaban J connectivity index is 1.87. The number of unbranched alkanes of at least 4 members (excludes halogenated alkanes) is 1. The molecule has 0 bridgehead atoms. The van der Waals surface area contributed by atoms with E-state index in [-0.39, 0.29) is 29.6 Å². The lowest BCUT2D eigenvalue weighted by Gasteiger charge is -2.27. The third-order valence-corrected chi connectivity index (χ3v) is 8.39. The highest BCUT2D eigenvalue weighted by Crippen LogP contribution is 2.24. The number of rotatable bonds is 13. The number of halogens is 1. The number of hydrogen-bond acceptors (Lipinski definition) is 5. The maximum absolute atomic E-state index is 13.4. The highest BCUT2D eigenvalue weighted by Gasteiger charge is 2.35. The number of nitrogens with zero attached hydrogens (tertiary/aromatic N) is 3. The lowest BCUT2D eigenvalue weighted by atomic mass is 10.1. The highest BCUT2D eigenvalue weighted by atomic mass is 35.5. The second-order valence-electron chi connectivity index (χ2n) is 8.51. The Morgan fingerprint density at radius 2 is 1.75 bits per heavy atom. The van der Waals surface area contributed by atoms with E-state index in [0.29, 0.717) is 18.7 Å². The Morgan fingerprint density at radius 1 is 1.08 bits per heavy atom. The van der Waals surface area contributed by atoms with Crippen LogP contribution in [0.25, 0.3) is 0 Å². The first kappa shape index (κ1) is 27.9. The number of aliphatic hydroxyl groups is 1. The van der Waals surface area contributed by atoms with E-state index in [1.54, 1.807) is 43.3 Å². The van der Waals surface area contributed by atoms with Gasteiger partial charge in [0.15, 0.2) is 5.15 Å².